The predicted octanol–water partition coefficient (Wildman–Crippen LogP) is 4.80. The molecule has 0 aliphatic rings. The van der Waals surface area contributed by atoms with Crippen molar-refractivity contribution in [3.8, 4) is 15.5 Å². The van der Waals surface area contributed by atoms with Crippen molar-refractivity contribution in [1.29, 1.82) is 0 Å². The summed E-state index contributed by atoms with van der Waals surface area (Å²) in [5, 5.41) is 0.591. The summed E-state index contributed by atoms with van der Waals surface area (Å²) in [6.07, 6.45) is 1.17. The minimum atomic E-state index is -0.428. The normalized spacial score (nSPS) is 11.2. The van der Waals surface area contributed by atoms with Crippen LogP contribution in [0.1, 0.15) is 26.3 Å². The van der Waals surface area contributed by atoms with Crippen LogP contribution >= 0.6 is 11.3 Å². The minimum Gasteiger partial charge on any atom is -0.412 e. The molecule has 1 heterocycles. The highest BCUT2D eigenvalue weighted by Crippen LogP contribution is 2.38. The van der Waals surface area contributed by atoms with Crippen molar-refractivity contribution in [2.75, 3.05) is 0 Å². The Morgan fingerprint density at radius 1 is 1.20 bits per heavy atom. The van der Waals surface area contributed by atoms with Crippen molar-refractivity contribution in [3.05, 3.63) is 54.6 Å². The molecule has 1 aromatic heterocycles. The number of rotatable bonds is 3. The molecule has 0 radical (unpaired) electrons. The van der Waals surface area contributed by atoms with Gasteiger partial charge in [0.15, 0.2) is 5.06 Å². The molecule has 2 aromatic rings. The first-order valence-electron chi connectivity index (χ1n) is 6.46. The summed E-state index contributed by atoms with van der Waals surface area (Å²) >= 11 is 1.47. The number of thiophene rings is 1. The van der Waals surface area contributed by atoms with E-state index in [0.29, 0.717) is 5.06 Å². The molecule has 3 heteroatoms. The van der Waals surface area contributed by atoms with Crippen molar-refractivity contribution in [2.24, 2.45) is 0 Å². The van der Waals surface area contributed by atoms with Crippen molar-refractivity contribution >= 4 is 17.3 Å². The molecule has 0 bridgehead atoms. The maximum absolute atomic E-state index is 11.2. The Hall–Kier alpha value is -1.87. The Morgan fingerprint density at radius 2 is 1.90 bits per heavy atom. The lowest BCUT2D eigenvalue weighted by Crippen LogP contribution is -2.12. The molecule has 0 N–H and O–H groups in total. The van der Waals surface area contributed by atoms with Gasteiger partial charge in [-0.25, -0.2) is 4.79 Å². The zero-order valence-electron chi connectivity index (χ0n) is 12.0. The summed E-state index contributed by atoms with van der Waals surface area (Å²) in [4.78, 5) is 12.3. The van der Waals surface area contributed by atoms with Crippen LogP contribution in [0.4, 0.5) is 0 Å². The van der Waals surface area contributed by atoms with E-state index in [0.717, 1.165) is 4.88 Å². The third kappa shape index (κ3) is 3.17. The molecule has 0 unspecified atom stereocenters. The highest BCUT2D eigenvalue weighted by atomic mass is 32.1. The van der Waals surface area contributed by atoms with E-state index in [9.17, 15) is 4.79 Å². The Bertz CT molecular complexity index is 632. The first-order valence-corrected chi connectivity index (χ1v) is 7.27. The number of carbonyl (C=O) groups is 1. The zero-order chi connectivity index (χ0) is 14.8. The Kier molecular flexibility index (Phi) is 4.09. The summed E-state index contributed by atoms with van der Waals surface area (Å²) < 4.78 is 5.15. The quantitative estimate of drug-likeness (QED) is 0.598. The van der Waals surface area contributed by atoms with Crippen LogP contribution in [-0.2, 0) is 10.2 Å². The van der Waals surface area contributed by atoms with Gasteiger partial charge in [0.2, 0.25) is 0 Å². The summed E-state index contributed by atoms with van der Waals surface area (Å²) in [5.74, 6) is -0.428. The topological polar surface area (TPSA) is 26.3 Å². The van der Waals surface area contributed by atoms with Crippen molar-refractivity contribution in [1.82, 2.24) is 0 Å². The molecule has 0 saturated carbocycles. The average Bonchev–Trinajstić information content (AvgIpc) is 2.86. The Labute approximate surface area is 123 Å². The second-order valence-electron chi connectivity index (χ2n) is 5.54. The van der Waals surface area contributed by atoms with E-state index >= 15 is 0 Å². The number of ether oxygens (including phenoxy) is 1. The van der Waals surface area contributed by atoms with Gasteiger partial charge in [-0.05, 0) is 28.7 Å². The van der Waals surface area contributed by atoms with Gasteiger partial charge >= 0.3 is 5.97 Å². The number of carbonyl (C=O) groups excluding carboxylic acids is 1. The number of benzene rings is 1. The van der Waals surface area contributed by atoms with Gasteiger partial charge in [-0.3, -0.25) is 0 Å². The maximum atomic E-state index is 11.2. The fourth-order valence-electron chi connectivity index (χ4n) is 2.01. The summed E-state index contributed by atoms with van der Waals surface area (Å²) in [5.41, 5.74) is 2.53. The second kappa shape index (κ2) is 5.63. The monoisotopic (exact) mass is 286 g/mol. The number of hydrogen-bond donors (Lipinski definition) is 0. The molecule has 1 aromatic carbocycles. The van der Waals surface area contributed by atoms with E-state index in [1.54, 1.807) is 0 Å². The predicted molar refractivity (Wildman–Crippen MR) is 84.3 cm³/mol. The van der Waals surface area contributed by atoms with Crippen LogP contribution < -0.4 is 4.74 Å². The van der Waals surface area contributed by atoms with Crippen molar-refractivity contribution in [3.63, 3.8) is 0 Å². The highest BCUT2D eigenvalue weighted by Gasteiger charge is 2.19. The lowest BCUT2D eigenvalue weighted by molar-refractivity contribution is -0.128. The van der Waals surface area contributed by atoms with Crippen LogP contribution in [0.25, 0.3) is 10.4 Å². The zero-order valence-corrected chi connectivity index (χ0v) is 12.8. The van der Waals surface area contributed by atoms with E-state index in [4.69, 9.17) is 4.74 Å². The highest BCUT2D eigenvalue weighted by molar-refractivity contribution is 7.17. The van der Waals surface area contributed by atoms with Crippen LogP contribution in [-0.4, -0.2) is 5.97 Å². The van der Waals surface area contributed by atoms with Gasteiger partial charge in [0.25, 0.3) is 0 Å². The van der Waals surface area contributed by atoms with Gasteiger partial charge in [0.1, 0.15) is 0 Å². The number of esters is 1. The third-order valence-electron chi connectivity index (χ3n) is 2.95. The lowest BCUT2D eigenvalue weighted by atomic mass is 9.83. The van der Waals surface area contributed by atoms with E-state index in [-0.39, 0.29) is 5.41 Å². The van der Waals surface area contributed by atoms with Crippen LogP contribution in [0.3, 0.4) is 0 Å². The van der Waals surface area contributed by atoms with E-state index in [1.807, 2.05) is 18.2 Å². The molecule has 2 rings (SSSR count). The molecular formula is C17H18O2S. The van der Waals surface area contributed by atoms with Crippen LogP contribution in [0.15, 0.2) is 49.1 Å². The lowest BCUT2D eigenvalue weighted by Gasteiger charge is -2.22. The van der Waals surface area contributed by atoms with Gasteiger partial charge < -0.3 is 4.74 Å². The first-order chi connectivity index (χ1) is 9.41. The average molecular weight is 286 g/mol. The summed E-state index contributed by atoms with van der Waals surface area (Å²) in [6, 6.07) is 12.1. The molecule has 20 heavy (non-hydrogen) atoms. The SMILES string of the molecule is C=CC(=O)Oc1ccc(-c2ccccc2C(C)(C)C)s1. The molecule has 0 aliphatic carbocycles. The van der Waals surface area contributed by atoms with Gasteiger partial charge in [0, 0.05) is 11.0 Å². The second-order valence-corrected chi connectivity index (χ2v) is 6.59. The van der Waals surface area contributed by atoms with E-state index in [1.165, 1.54) is 28.5 Å². The van der Waals surface area contributed by atoms with Crippen LogP contribution in [0.2, 0.25) is 0 Å². The van der Waals surface area contributed by atoms with E-state index < -0.39 is 5.97 Å². The van der Waals surface area contributed by atoms with E-state index in [2.05, 4.69) is 45.5 Å². The molecule has 0 aliphatic heterocycles. The van der Waals surface area contributed by atoms with Crippen LogP contribution in [0, 0.1) is 0 Å². The van der Waals surface area contributed by atoms with Gasteiger partial charge in [-0.15, -0.1) is 0 Å². The molecule has 0 spiro atoms. The van der Waals surface area contributed by atoms with Crippen molar-refractivity contribution < 1.29 is 9.53 Å². The van der Waals surface area contributed by atoms with Crippen molar-refractivity contribution in [2.45, 2.75) is 26.2 Å². The molecule has 0 saturated heterocycles. The number of hydrogen-bond acceptors (Lipinski definition) is 3. The van der Waals surface area contributed by atoms with Crippen LogP contribution in [0.5, 0.6) is 5.06 Å². The molecule has 0 amide bonds. The molecule has 2 nitrogen and oxygen atoms in total. The third-order valence-corrected chi connectivity index (χ3v) is 3.95. The molecule has 104 valence electrons. The first kappa shape index (κ1) is 14.5. The summed E-state index contributed by atoms with van der Waals surface area (Å²) in [6.45, 7) is 9.98. The maximum Gasteiger partial charge on any atom is 0.336 e. The fourth-order valence-corrected chi connectivity index (χ4v) is 2.91. The van der Waals surface area contributed by atoms with Gasteiger partial charge in [-0.1, -0.05) is 63.0 Å². The summed E-state index contributed by atoms with van der Waals surface area (Å²) in [7, 11) is 0. The Balaban J connectivity index is 2.38. The molecule has 0 fully saturated rings. The smallest absolute Gasteiger partial charge is 0.336 e. The standard InChI is InChI=1S/C17H18O2S/c1-5-15(18)19-16-11-10-14(20-16)12-8-6-7-9-13(12)17(2,3)4/h5-11H,1H2,2-4H3. The minimum absolute atomic E-state index is 0.0680. The van der Waals surface area contributed by atoms with Gasteiger partial charge in [-0.2, -0.15) is 0 Å². The van der Waals surface area contributed by atoms with Gasteiger partial charge in [0.05, 0.1) is 0 Å². The largest absolute Gasteiger partial charge is 0.412 e. The molecule has 0 atom stereocenters. The molecular weight excluding hydrogens is 268 g/mol. The Morgan fingerprint density at radius 3 is 2.55 bits per heavy atom. The fraction of sp³-hybridized carbons (Fsp3) is 0.235.